The highest BCUT2D eigenvalue weighted by molar-refractivity contribution is 5.94. The third-order valence-corrected chi connectivity index (χ3v) is 6.83. The number of carbonyl (C=O) groups excluding carboxylic acids is 2. The first kappa shape index (κ1) is 19.9. The fourth-order valence-electron chi connectivity index (χ4n) is 4.83. The van der Waals surface area contributed by atoms with Gasteiger partial charge in [0.15, 0.2) is 0 Å². The number of piperidine rings is 1. The van der Waals surface area contributed by atoms with Gasteiger partial charge in [-0.15, -0.1) is 0 Å². The Morgan fingerprint density at radius 1 is 1.16 bits per heavy atom. The van der Waals surface area contributed by atoms with E-state index in [0.717, 1.165) is 25.7 Å². The Kier molecular flexibility index (Phi) is 5.08. The summed E-state index contributed by atoms with van der Waals surface area (Å²) in [5.41, 5.74) is 1.72. The summed E-state index contributed by atoms with van der Waals surface area (Å²) in [6, 6.07) is 3.19. The van der Waals surface area contributed by atoms with Crippen LogP contribution < -0.4 is 5.56 Å². The lowest BCUT2D eigenvalue weighted by atomic mass is 9.99. The normalized spacial score (nSPS) is 25.1. The van der Waals surface area contributed by atoms with Crippen molar-refractivity contribution in [1.29, 1.82) is 0 Å². The second kappa shape index (κ2) is 7.90. The fourth-order valence-corrected chi connectivity index (χ4v) is 4.83. The second-order valence-electron chi connectivity index (χ2n) is 8.95. The fraction of sp³-hybridized carbons (Fsp3) is 0.522. The van der Waals surface area contributed by atoms with Crippen LogP contribution in [0.1, 0.15) is 66.1 Å². The Bertz CT molecular complexity index is 1070. The number of pyridine rings is 1. The largest absolute Gasteiger partial charge is 0.332 e. The summed E-state index contributed by atoms with van der Waals surface area (Å²) in [7, 11) is 0. The molecule has 1 N–H and O–H groups in total. The molecule has 162 valence electrons. The number of nitrogens with one attached hydrogen (secondary N) is 1. The van der Waals surface area contributed by atoms with Crippen LogP contribution in [0.5, 0.6) is 0 Å². The minimum absolute atomic E-state index is 0.0890. The summed E-state index contributed by atoms with van der Waals surface area (Å²) in [6.07, 6.45) is 7.40. The lowest BCUT2D eigenvalue weighted by molar-refractivity contribution is -0.137. The van der Waals surface area contributed by atoms with Crippen molar-refractivity contribution in [3.63, 3.8) is 0 Å². The molecule has 4 heterocycles. The molecule has 5 rings (SSSR count). The first-order chi connectivity index (χ1) is 15.0. The van der Waals surface area contributed by atoms with Gasteiger partial charge < -0.3 is 14.8 Å². The van der Waals surface area contributed by atoms with E-state index in [4.69, 9.17) is 4.98 Å². The molecule has 2 fully saturated rings. The van der Waals surface area contributed by atoms with Crippen molar-refractivity contribution in [3.05, 3.63) is 57.5 Å². The number of likely N-dealkylation sites (tertiary alicyclic amines) is 1. The summed E-state index contributed by atoms with van der Waals surface area (Å²) in [5, 5.41) is 0. The summed E-state index contributed by atoms with van der Waals surface area (Å²) in [4.78, 5) is 54.1. The van der Waals surface area contributed by atoms with Crippen molar-refractivity contribution >= 4 is 11.8 Å². The number of rotatable bonds is 3. The molecule has 8 heteroatoms. The SMILES string of the molecule is C[C@@H]1C[C@H]1C(=O)N1CCCC[C@@H]1c1nc2c(c(=O)[nH]1)CCN(C(=O)c1ccncc1)C2. The quantitative estimate of drug-likeness (QED) is 0.818. The van der Waals surface area contributed by atoms with E-state index in [1.807, 2.05) is 4.90 Å². The minimum Gasteiger partial charge on any atom is -0.332 e. The van der Waals surface area contributed by atoms with Crippen LogP contribution in [0.4, 0.5) is 0 Å². The Morgan fingerprint density at radius 3 is 2.68 bits per heavy atom. The van der Waals surface area contributed by atoms with Crippen molar-refractivity contribution in [2.45, 2.75) is 51.6 Å². The first-order valence-electron chi connectivity index (χ1n) is 11.1. The summed E-state index contributed by atoms with van der Waals surface area (Å²) >= 11 is 0. The zero-order valence-electron chi connectivity index (χ0n) is 17.7. The molecule has 8 nitrogen and oxygen atoms in total. The van der Waals surface area contributed by atoms with Crippen LogP contribution in [0.25, 0.3) is 0 Å². The van der Waals surface area contributed by atoms with E-state index in [2.05, 4.69) is 16.9 Å². The van der Waals surface area contributed by atoms with Crippen molar-refractivity contribution < 1.29 is 9.59 Å². The van der Waals surface area contributed by atoms with E-state index in [-0.39, 0.29) is 29.3 Å². The van der Waals surface area contributed by atoms with Gasteiger partial charge in [-0.3, -0.25) is 19.4 Å². The average molecular weight is 422 g/mol. The number of nitrogens with zero attached hydrogens (tertiary/aromatic N) is 4. The molecule has 1 saturated heterocycles. The third kappa shape index (κ3) is 3.75. The number of aromatic amines is 1. The molecule has 2 aromatic rings. The number of fused-ring (bicyclic) bond motifs is 1. The van der Waals surface area contributed by atoms with Crippen LogP contribution in [0, 0.1) is 11.8 Å². The van der Waals surface area contributed by atoms with Gasteiger partial charge in [0.05, 0.1) is 18.3 Å². The molecular weight excluding hydrogens is 394 g/mol. The highest BCUT2D eigenvalue weighted by Crippen LogP contribution is 2.42. The van der Waals surface area contributed by atoms with Crippen LogP contribution >= 0.6 is 0 Å². The summed E-state index contributed by atoms with van der Waals surface area (Å²) in [5.74, 6) is 1.21. The molecule has 0 aromatic carbocycles. The predicted molar refractivity (Wildman–Crippen MR) is 113 cm³/mol. The second-order valence-corrected chi connectivity index (χ2v) is 8.95. The van der Waals surface area contributed by atoms with Gasteiger partial charge in [-0.2, -0.15) is 0 Å². The number of carbonyl (C=O) groups is 2. The number of hydrogen-bond acceptors (Lipinski definition) is 5. The molecule has 0 unspecified atom stereocenters. The monoisotopic (exact) mass is 421 g/mol. The van der Waals surface area contributed by atoms with Gasteiger partial charge in [0.1, 0.15) is 5.82 Å². The van der Waals surface area contributed by atoms with E-state index in [0.29, 0.717) is 54.6 Å². The van der Waals surface area contributed by atoms with Crippen LogP contribution in [0.3, 0.4) is 0 Å². The molecule has 3 atom stereocenters. The lowest BCUT2D eigenvalue weighted by Gasteiger charge is -2.36. The molecule has 2 aliphatic heterocycles. The molecule has 0 radical (unpaired) electrons. The molecule has 2 aromatic heterocycles. The Morgan fingerprint density at radius 2 is 1.94 bits per heavy atom. The number of amides is 2. The zero-order valence-corrected chi connectivity index (χ0v) is 17.7. The Balaban J connectivity index is 1.42. The van der Waals surface area contributed by atoms with Gasteiger partial charge in [-0.05, 0) is 50.2 Å². The zero-order chi connectivity index (χ0) is 21.5. The van der Waals surface area contributed by atoms with Gasteiger partial charge in [-0.1, -0.05) is 6.92 Å². The Labute approximate surface area is 180 Å². The standard InChI is InChI=1S/C23H27N5O3/c1-14-12-17(14)23(31)28-10-3-2-4-19(28)20-25-18-13-27(11-7-16(18)21(29)26-20)22(30)15-5-8-24-9-6-15/h5-6,8-9,14,17,19H,2-4,7,10-13H2,1H3,(H,25,26,29)/t14-,17-,19-/m1/s1. The lowest BCUT2D eigenvalue weighted by Crippen LogP contribution is -2.43. The van der Waals surface area contributed by atoms with E-state index in [9.17, 15) is 14.4 Å². The van der Waals surface area contributed by atoms with Gasteiger partial charge in [-0.25, -0.2) is 4.98 Å². The maximum absolute atomic E-state index is 13.0. The maximum Gasteiger partial charge on any atom is 0.254 e. The smallest absolute Gasteiger partial charge is 0.254 e. The van der Waals surface area contributed by atoms with Crippen molar-refractivity contribution in [2.75, 3.05) is 13.1 Å². The highest BCUT2D eigenvalue weighted by atomic mass is 16.2. The Hall–Kier alpha value is -3.03. The number of hydrogen-bond donors (Lipinski definition) is 1. The van der Waals surface area contributed by atoms with Gasteiger partial charge in [0.25, 0.3) is 11.5 Å². The van der Waals surface area contributed by atoms with Crippen molar-refractivity contribution in [1.82, 2.24) is 24.8 Å². The van der Waals surface area contributed by atoms with E-state index in [1.165, 1.54) is 0 Å². The molecule has 3 aliphatic rings. The third-order valence-electron chi connectivity index (χ3n) is 6.83. The van der Waals surface area contributed by atoms with Crippen LogP contribution in [0.15, 0.2) is 29.3 Å². The molecule has 1 saturated carbocycles. The number of H-pyrrole nitrogens is 1. The van der Waals surface area contributed by atoms with Gasteiger partial charge in [0.2, 0.25) is 5.91 Å². The van der Waals surface area contributed by atoms with E-state index >= 15 is 0 Å². The molecular formula is C23H27N5O3. The van der Waals surface area contributed by atoms with E-state index < -0.39 is 0 Å². The summed E-state index contributed by atoms with van der Waals surface area (Å²) < 4.78 is 0. The van der Waals surface area contributed by atoms with Crippen LogP contribution in [-0.4, -0.2) is 49.7 Å². The minimum atomic E-state index is -0.196. The van der Waals surface area contributed by atoms with Gasteiger partial charge >= 0.3 is 0 Å². The molecule has 1 aliphatic carbocycles. The number of aromatic nitrogens is 3. The van der Waals surface area contributed by atoms with Crippen molar-refractivity contribution in [3.8, 4) is 0 Å². The highest BCUT2D eigenvalue weighted by Gasteiger charge is 2.44. The van der Waals surface area contributed by atoms with Crippen molar-refractivity contribution in [2.24, 2.45) is 11.8 Å². The summed E-state index contributed by atoms with van der Waals surface area (Å²) in [6.45, 7) is 3.59. The average Bonchev–Trinajstić information content (AvgIpc) is 3.54. The molecule has 0 spiro atoms. The van der Waals surface area contributed by atoms with Gasteiger partial charge in [0, 0.05) is 42.5 Å². The molecule has 0 bridgehead atoms. The molecule has 31 heavy (non-hydrogen) atoms. The maximum atomic E-state index is 13.0. The van der Waals surface area contributed by atoms with Crippen LogP contribution in [0.2, 0.25) is 0 Å². The van der Waals surface area contributed by atoms with Crippen LogP contribution in [-0.2, 0) is 17.8 Å². The van der Waals surface area contributed by atoms with E-state index in [1.54, 1.807) is 29.4 Å². The molecule has 2 amide bonds. The topological polar surface area (TPSA) is 99.3 Å². The first-order valence-corrected chi connectivity index (χ1v) is 11.1. The predicted octanol–water partition coefficient (Wildman–Crippen LogP) is 2.07.